The smallest absolute Gasteiger partial charge is 0.0600 e. The molecule has 0 aliphatic heterocycles. The summed E-state index contributed by atoms with van der Waals surface area (Å²) in [5.74, 6) is 0. The van der Waals surface area contributed by atoms with Gasteiger partial charge in [-0.3, -0.25) is 0 Å². The average Bonchev–Trinajstić information content (AvgIpc) is 2.94. The lowest BCUT2D eigenvalue weighted by Gasteiger charge is -2.34. The fraction of sp³-hybridized carbons (Fsp3) is 0.0588. The largest absolute Gasteiger partial charge is 0.113 e. The maximum atomic E-state index is 2.45. The highest BCUT2D eigenvalue weighted by Gasteiger charge is 2.34. The zero-order chi connectivity index (χ0) is 23.9. The van der Waals surface area contributed by atoms with Gasteiger partial charge in [0, 0.05) is 9.79 Å². The minimum Gasteiger partial charge on any atom is -0.113 e. The van der Waals surface area contributed by atoms with Crippen LogP contribution in [-0.2, 0) is 0 Å². The number of hydrogen-bond acceptors (Lipinski definition) is 2. The van der Waals surface area contributed by atoms with Gasteiger partial charge in [-0.1, -0.05) is 84.9 Å². The van der Waals surface area contributed by atoms with Gasteiger partial charge in [-0.25, -0.2) is 0 Å². The Morgan fingerprint density at radius 3 is 0.917 bits per heavy atom. The van der Waals surface area contributed by atoms with Gasteiger partial charge in [-0.2, -0.15) is 0 Å². The van der Waals surface area contributed by atoms with E-state index >= 15 is 0 Å². The molecule has 0 unspecified atom stereocenters. The topological polar surface area (TPSA) is 0 Å². The summed E-state index contributed by atoms with van der Waals surface area (Å²) in [5, 5.41) is 5.70. The second-order valence-electron chi connectivity index (χ2n) is 9.28. The van der Waals surface area contributed by atoms with Crippen molar-refractivity contribution in [3.63, 3.8) is 0 Å². The van der Waals surface area contributed by atoms with E-state index in [1.165, 1.54) is 53.6 Å². The van der Waals surface area contributed by atoms with Gasteiger partial charge < -0.3 is 0 Å². The van der Waals surface area contributed by atoms with Crippen molar-refractivity contribution in [1.82, 2.24) is 0 Å². The Balaban J connectivity index is 1.50. The van der Waals surface area contributed by atoms with Crippen molar-refractivity contribution in [3.8, 4) is 0 Å². The standard InChI is InChI=1S/C34H24S2/c1-3-15-27(16-4-1)35-33-29-19-23-11-7-9-13-25(23)21-31(29)34(36-28-17-5-2-6-18-28)32-22-26-14-10-8-12-24(26)20-30(32)33/h1-22,33-34H. The van der Waals surface area contributed by atoms with Crippen LogP contribution in [0.5, 0.6) is 0 Å². The molecule has 1 aliphatic carbocycles. The van der Waals surface area contributed by atoms with Gasteiger partial charge in [0.15, 0.2) is 0 Å². The van der Waals surface area contributed by atoms with E-state index in [0.29, 0.717) is 0 Å². The molecule has 7 rings (SSSR count). The predicted octanol–water partition coefficient (Wildman–Crippen LogP) is 10.1. The lowest BCUT2D eigenvalue weighted by molar-refractivity contribution is 0.975. The van der Waals surface area contributed by atoms with Crippen LogP contribution in [-0.4, -0.2) is 0 Å². The van der Waals surface area contributed by atoms with Crippen LogP contribution in [0.2, 0.25) is 0 Å². The second kappa shape index (κ2) is 9.20. The molecule has 0 radical (unpaired) electrons. The molecule has 0 fully saturated rings. The van der Waals surface area contributed by atoms with Gasteiger partial charge >= 0.3 is 0 Å². The molecule has 1 aliphatic rings. The van der Waals surface area contributed by atoms with Gasteiger partial charge in [0.1, 0.15) is 0 Å². The monoisotopic (exact) mass is 496 g/mol. The first-order valence-corrected chi connectivity index (χ1v) is 14.1. The third-order valence-corrected chi connectivity index (χ3v) is 9.60. The first-order chi connectivity index (χ1) is 17.8. The van der Waals surface area contributed by atoms with E-state index in [2.05, 4.69) is 133 Å². The van der Waals surface area contributed by atoms with Gasteiger partial charge in [0.25, 0.3) is 0 Å². The number of rotatable bonds is 4. The van der Waals surface area contributed by atoms with Gasteiger partial charge in [-0.15, -0.1) is 23.5 Å². The number of fused-ring (bicyclic) bond motifs is 4. The third-order valence-electron chi connectivity index (χ3n) is 7.03. The van der Waals surface area contributed by atoms with Crippen LogP contribution in [0.25, 0.3) is 21.5 Å². The Bertz CT molecular complexity index is 1480. The Hall–Kier alpha value is -3.46. The van der Waals surface area contributed by atoms with Crippen molar-refractivity contribution in [3.05, 3.63) is 156 Å². The van der Waals surface area contributed by atoms with Crippen LogP contribution in [0.15, 0.2) is 143 Å². The van der Waals surface area contributed by atoms with Crippen molar-refractivity contribution in [2.75, 3.05) is 0 Å². The second-order valence-corrected chi connectivity index (χ2v) is 11.6. The van der Waals surface area contributed by atoms with Crippen molar-refractivity contribution < 1.29 is 0 Å². The van der Waals surface area contributed by atoms with E-state index in [1.807, 2.05) is 23.5 Å². The van der Waals surface area contributed by atoms with Gasteiger partial charge in [-0.05, 0) is 92.3 Å². The molecule has 6 aromatic rings. The molecule has 0 heterocycles. The van der Waals surface area contributed by atoms with Crippen molar-refractivity contribution in [2.45, 2.75) is 20.3 Å². The molecule has 2 heteroatoms. The summed E-state index contributed by atoms with van der Waals surface area (Å²) in [6, 6.07) is 49.0. The SMILES string of the molecule is c1ccc(SC2c3cc4ccccc4cc3C(Sc3ccccc3)c3cc4ccccc4cc32)cc1. The molecule has 0 atom stereocenters. The highest BCUT2D eigenvalue weighted by atomic mass is 32.2. The van der Waals surface area contributed by atoms with Crippen molar-refractivity contribution in [1.29, 1.82) is 0 Å². The Morgan fingerprint density at radius 1 is 0.333 bits per heavy atom. The zero-order valence-corrected chi connectivity index (χ0v) is 21.3. The molecule has 0 saturated heterocycles. The average molecular weight is 497 g/mol. The Kier molecular flexibility index (Phi) is 5.57. The van der Waals surface area contributed by atoms with Crippen molar-refractivity contribution in [2.24, 2.45) is 0 Å². The summed E-state index contributed by atoms with van der Waals surface area (Å²) < 4.78 is 0. The molecule has 0 bridgehead atoms. The predicted molar refractivity (Wildman–Crippen MR) is 156 cm³/mol. The van der Waals surface area contributed by atoms with E-state index < -0.39 is 0 Å². The van der Waals surface area contributed by atoms with E-state index in [-0.39, 0.29) is 10.5 Å². The normalized spacial score (nSPS) is 16.6. The van der Waals surface area contributed by atoms with E-state index in [4.69, 9.17) is 0 Å². The molecule has 0 nitrogen and oxygen atoms in total. The molecule has 0 saturated carbocycles. The number of hydrogen-bond donors (Lipinski definition) is 0. The number of benzene rings is 6. The fourth-order valence-electron chi connectivity index (χ4n) is 5.32. The molecule has 172 valence electrons. The summed E-state index contributed by atoms with van der Waals surface area (Å²) in [6.45, 7) is 0. The van der Waals surface area contributed by atoms with Crippen molar-refractivity contribution >= 4 is 45.1 Å². The third kappa shape index (κ3) is 3.91. The summed E-state index contributed by atoms with van der Waals surface area (Å²) in [7, 11) is 0. The van der Waals surface area contributed by atoms with Crippen LogP contribution in [0, 0.1) is 0 Å². The fourth-order valence-corrected chi connectivity index (χ4v) is 7.82. The molecule has 0 spiro atoms. The van der Waals surface area contributed by atoms with Crippen LogP contribution < -0.4 is 0 Å². The number of thioether (sulfide) groups is 2. The lowest BCUT2D eigenvalue weighted by atomic mass is 9.82. The van der Waals surface area contributed by atoms with E-state index in [9.17, 15) is 0 Å². The molecule has 36 heavy (non-hydrogen) atoms. The minimum atomic E-state index is 0.235. The van der Waals surface area contributed by atoms with Crippen LogP contribution in [0.1, 0.15) is 32.8 Å². The van der Waals surface area contributed by atoms with Gasteiger partial charge in [0.2, 0.25) is 0 Å². The minimum absolute atomic E-state index is 0.235. The summed E-state index contributed by atoms with van der Waals surface area (Å²) in [6.07, 6.45) is 0. The Morgan fingerprint density at radius 2 is 0.611 bits per heavy atom. The molecular formula is C34H24S2. The highest BCUT2D eigenvalue weighted by Crippen LogP contribution is 2.56. The summed E-state index contributed by atoms with van der Waals surface area (Å²) in [5.41, 5.74) is 5.72. The quantitative estimate of drug-likeness (QED) is 0.238. The zero-order valence-electron chi connectivity index (χ0n) is 19.7. The first kappa shape index (κ1) is 21.8. The molecule has 6 aromatic carbocycles. The van der Waals surface area contributed by atoms with Gasteiger partial charge in [0.05, 0.1) is 10.5 Å². The molecule has 0 amide bonds. The highest BCUT2D eigenvalue weighted by molar-refractivity contribution is 8.00. The maximum Gasteiger partial charge on any atom is 0.0600 e. The van der Waals surface area contributed by atoms with E-state index in [0.717, 1.165) is 0 Å². The van der Waals surface area contributed by atoms with Crippen LogP contribution in [0.4, 0.5) is 0 Å². The molecular weight excluding hydrogens is 473 g/mol. The van der Waals surface area contributed by atoms with Crippen LogP contribution in [0.3, 0.4) is 0 Å². The first-order valence-electron chi connectivity index (χ1n) is 12.3. The summed E-state index contributed by atoms with van der Waals surface area (Å²) in [4.78, 5) is 2.60. The maximum absolute atomic E-state index is 2.45. The lowest BCUT2D eigenvalue weighted by Crippen LogP contribution is -2.15. The summed E-state index contributed by atoms with van der Waals surface area (Å²) >= 11 is 3.93. The molecule has 0 N–H and O–H groups in total. The van der Waals surface area contributed by atoms with E-state index in [1.54, 1.807) is 0 Å². The Labute approximate surface area is 220 Å². The van der Waals surface area contributed by atoms with Crippen LogP contribution >= 0.6 is 23.5 Å². The molecule has 0 aromatic heterocycles.